The van der Waals surface area contributed by atoms with Crippen molar-refractivity contribution < 1.29 is 14.7 Å². The zero-order valence-electron chi connectivity index (χ0n) is 16.0. The van der Waals surface area contributed by atoms with Crippen LogP contribution in [0.3, 0.4) is 0 Å². The smallest absolute Gasteiger partial charge is 0.307 e. The van der Waals surface area contributed by atoms with Gasteiger partial charge in [-0.25, -0.2) is 4.98 Å². The maximum absolute atomic E-state index is 12.7. The van der Waals surface area contributed by atoms with Gasteiger partial charge >= 0.3 is 5.97 Å². The second-order valence-corrected chi connectivity index (χ2v) is 8.73. The van der Waals surface area contributed by atoms with Gasteiger partial charge in [-0.2, -0.15) is 0 Å². The minimum absolute atomic E-state index is 0.224. The molecule has 1 aliphatic rings. The molecule has 1 aliphatic carbocycles. The van der Waals surface area contributed by atoms with Gasteiger partial charge in [0.15, 0.2) is 5.13 Å². The number of carboxylic acids is 1. The first-order valence-electron chi connectivity index (χ1n) is 9.48. The Hall–Kier alpha value is -2.21. The minimum atomic E-state index is -0.879. The van der Waals surface area contributed by atoms with E-state index >= 15 is 0 Å². The SMILES string of the molecule is Cc1sc(NC(=O)C2CCCCC2C(=O)O)nc1-c1ccc(C(C)C)cc1. The average molecular weight is 387 g/mol. The molecular formula is C21H26N2O3S. The van der Waals surface area contributed by atoms with Crippen molar-refractivity contribution in [3.05, 3.63) is 34.7 Å². The Bertz CT molecular complexity index is 826. The molecule has 0 bridgehead atoms. The van der Waals surface area contributed by atoms with Gasteiger partial charge in [-0.3, -0.25) is 9.59 Å². The van der Waals surface area contributed by atoms with Gasteiger partial charge in [-0.1, -0.05) is 51.0 Å². The first-order chi connectivity index (χ1) is 12.9. The van der Waals surface area contributed by atoms with E-state index in [1.54, 1.807) is 0 Å². The summed E-state index contributed by atoms with van der Waals surface area (Å²) < 4.78 is 0. The molecule has 0 saturated heterocycles. The highest BCUT2D eigenvalue weighted by molar-refractivity contribution is 7.16. The van der Waals surface area contributed by atoms with Gasteiger partial charge in [0, 0.05) is 10.4 Å². The number of carboxylic acid groups (broad SMARTS) is 1. The van der Waals surface area contributed by atoms with Gasteiger partial charge in [-0.05, 0) is 31.2 Å². The number of aryl methyl sites for hydroxylation is 1. The Labute approximate surface area is 163 Å². The Morgan fingerprint density at radius 2 is 1.78 bits per heavy atom. The highest BCUT2D eigenvalue weighted by Crippen LogP contribution is 2.34. The fraction of sp³-hybridized carbons (Fsp3) is 0.476. The molecule has 3 rings (SSSR count). The molecule has 0 aliphatic heterocycles. The number of benzene rings is 1. The molecular weight excluding hydrogens is 360 g/mol. The van der Waals surface area contributed by atoms with E-state index in [-0.39, 0.29) is 5.91 Å². The number of amides is 1. The lowest BCUT2D eigenvalue weighted by atomic mass is 9.79. The standard InChI is InChI=1S/C21H26N2O3S/c1-12(2)14-8-10-15(11-9-14)18-13(3)27-21(22-18)23-19(24)16-6-4-5-7-17(16)20(25)26/h8-12,16-17H,4-7H2,1-3H3,(H,25,26)(H,22,23,24). The monoisotopic (exact) mass is 386 g/mol. The van der Waals surface area contributed by atoms with Crippen molar-refractivity contribution in [2.75, 3.05) is 5.32 Å². The summed E-state index contributed by atoms with van der Waals surface area (Å²) in [6.45, 7) is 6.30. The Kier molecular flexibility index (Phi) is 5.95. The van der Waals surface area contributed by atoms with Gasteiger partial charge in [0.1, 0.15) is 0 Å². The van der Waals surface area contributed by atoms with Crippen LogP contribution in [-0.2, 0) is 9.59 Å². The molecule has 1 aromatic carbocycles. The summed E-state index contributed by atoms with van der Waals surface area (Å²) in [4.78, 5) is 29.7. The van der Waals surface area contributed by atoms with Crippen molar-refractivity contribution in [2.24, 2.45) is 11.8 Å². The molecule has 1 amide bonds. The number of carbonyl (C=O) groups excluding carboxylic acids is 1. The number of thiazole rings is 1. The van der Waals surface area contributed by atoms with Crippen molar-refractivity contribution in [2.45, 2.75) is 52.4 Å². The third-order valence-corrected chi connectivity index (χ3v) is 6.18. The predicted octanol–water partition coefficient (Wildman–Crippen LogP) is 5.07. The summed E-state index contributed by atoms with van der Waals surface area (Å²) in [5.41, 5.74) is 3.16. The van der Waals surface area contributed by atoms with E-state index in [1.807, 2.05) is 6.92 Å². The average Bonchev–Trinajstić information content (AvgIpc) is 3.01. The molecule has 0 radical (unpaired) electrons. The van der Waals surface area contributed by atoms with Crippen LogP contribution in [0.2, 0.25) is 0 Å². The van der Waals surface area contributed by atoms with Crippen LogP contribution in [0.5, 0.6) is 0 Å². The molecule has 5 nitrogen and oxygen atoms in total. The van der Waals surface area contributed by atoms with Gasteiger partial charge in [-0.15, -0.1) is 11.3 Å². The third-order valence-electron chi connectivity index (χ3n) is 5.30. The predicted molar refractivity (Wildman–Crippen MR) is 108 cm³/mol. The van der Waals surface area contributed by atoms with Crippen LogP contribution in [0.15, 0.2) is 24.3 Å². The first-order valence-corrected chi connectivity index (χ1v) is 10.3. The van der Waals surface area contributed by atoms with Crippen molar-refractivity contribution in [1.82, 2.24) is 4.98 Å². The molecule has 2 atom stereocenters. The van der Waals surface area contributed by atoms with Gasteiger partial charge < -0.3 is 10.4 Å². The van der Waals surface area contributed by atoms with E-state index in [0.29, 0.717) is 23.9 Å². The summed E-state index contributed by atoms with van der Waals surface area (Å²) >= 11 is 1.43. The molecule has 2 N–H and O–H groups in total. The number of hydrogen-bond donors (Lipinski definition) is 2. The number of carbonyl (C=O) groups is 2. The van der Waals surface area contributed by atoms with Crippen LogP contribution in [0, 0.1) is 18.8 Å². The van der Waals surface area contributed by atoms with Crippen LogP contribution in [-0.4, -0.2) is 22.0 Å². The number of nitrogens with zero attached hydrogens (tertiary/aromatic N) is 1. The lowest BCUT2D eigenvalue weighted by Crippen LogP contribution is -2.36. The molecule has 27 heavy (non-hydrogen) atoms. The second-order valence-electron chi connectivity index (χ2n) is 7.53. The highest BCUT2D eigenvalue weighted by atomic mass is 32.1. The molecule has 1 saturated carbocycles. The van der Waals surface area contributed by atoms with Crippen molar-refractivity contribution in [1.29, 1.82) is 0 Å². The summed E-state index contributed by atoms with van der Waals surface area (Å²) in [5.74, 6) is -1.70. The summed E-state index contributed by atoms with van der Waals surface area (Å²) in [6.07, 6.45) is 2.95. The van der Waals surface area contributed by atoms with E-state index in [9.17, 15) is 14.7 Å². The number of rotatable bonds is 5. The number of hydrogen-bond acceptors (Lipinski definition) is 4. The molecule has 2 unspecified atom stereocenters. The minimum Gasteiger partial charge on any atom is -0.481 e. The normalized spacial score (nSPS) is 19.9. The molecule has 144 valence electrons. The Morgan fingerprint density at radius 3 is 2.37 bits per heavy atom. The number of nitrogens with one attached hydrogen (secondary N) is 1. The van der Waals surface area contributed by atoms with Crippen molar-refractivity contribution >= 4 is 28.3 Å². The number of anilines is 1. The van der Waals surface area contributed by atoms with Crippen LogP contribution in [0.4, 0.5) is 5.13 Å². The van der Waals surface area contributed by atoms with Crippen LogP contribution >= 0.6 is 11.3 Å². The molecule has 1 aromatic heterocycles. The van der Waals surface area contributed by atoms with Crippen LogP contribution in [0.1, 0.15) is 55.9 Å². The molecule has 0 spiro atoms. The largest absolute Gasteiger partial charge is 0.481 e. The third kappa shape index (κ3) is 4.38. The van der Waals surface area contributed by atoms with Crippen molar-refractivity contribution in [3.8, 4) is 11.3 Å². The Morgan fingerprint density at radius 1 is 1.15 bits per heavy atom. The summed E-state index contributed by atoms with van der Waals surface area (Å²) in [7, 11) is 0. The van der Waals surface area contributed by atoms with E-state index in [4.69, 9.17) is 0 Å². The molecule has 2 aromatic rings. The summed E-state index contributed by atoms with van der Waals surface area (Å²) in [5, 5.41) is 12.8. The molecule has 6 heteroatoms. The second kappa shape index (κ2) is 8.21. The first kappa shape index (κ1) is 19.5. The van der Waals surface area contributed by atoms with E-state index in [1.165, 1.54) is 16.9 Å². The molecule has 1 heterocycles. The fourth-order valence-corrected chi connectivity index (χ4v) is 4.52. The van der Waals surface area contributed by atoms with Crippen LogP contribution < -0.4 is 5.32 Å². The van der Waals surface area contributed by atoms with E-state index in [0.717, 1.165) is 29.0 Å². The van der Waals surface area contributed by atoms with Gasteiger partial charge in [0.05, 0.1) is 17.5 Å². The lowest BCUT2D eigenvalue weighted by Gasteiger charge is -2.26. The fourth-order valence-electron chi connectivity index (χ4n) is 3.68. The highest BCUT2D eigenvalue weighted by Gasteiger charge is 2.36. The van der Waals surface area contributed by atoms with Crippen LogP contribution in [0.25, 0.3) is 11.3 Å². The van der Waals surface area contributed by atoms with E-state index in [2.05, 4.69) is 48.4 Å². The van der Waals surface area contributed by atoms with Gasteiger partial charge in [0.25, 0.3) is 0 Å². The number of aliphatic carboxylic acids is 1. The summed E-state index contributed by atoms with van der Waals surface area (Å²) in [6, 6.07) is 8.34. The van der Waals surface area contributed by atoms with E-state index < -0.39 is 17.8 Å². The quantitative estimate of drug-likeness (QED) is 0.752. The topological polar surface area (TPSA) is 79.3 Å². The maximum atomic E-state index is 12.7. The zero-order valence-corrected chi connectivity index (χ0v) is 16.8. The molecule has 1 fully saturated rings. The number of aromatic nitrogens is 1. The Balaban J connectivity index is 1.76. The van der Waals surface area contributed by atoms with Crippen molar-refractivity contribution in [3.63, 3.8) is 0 Å². The van der Waals surface area contributed by atoms with Gasteiger partial charge in [0.2, 0.25) is 5.91 Å². The zero-order chi connectivity index (χ0) is 19.6. The maximum Gasteiger partial charge on any atom is 0.307 e. The lowest BCUT2D eigenvalue weighted by molar-refractivity contribution is -0.147.